The molecule has 0 fully saturated rings. The van der Waals surface area contributed by atoms with Crippen LogP contribution in [-0.4, -0.2) is 59.0 Å². The van der Waals surface area contributed by atoms with E-state index in [1.165, 1.54) is 0 Å². The second-order valence-corrected chi connectivity index (χ2v) is 5.42. The monoisotopic (exact) mass is 344 g/mol. The van der Waals surface area contributed by atoms with Crippen molar-refractivity contribution in [2.75, 3.05) is 7.11 Å². The third-order valence-corrected chi connectivity index (χ3v) is 3.94. The average Bonchev–Trinajstić information content (AvgIpc) is 2.59. The van der Waals surface area contributed by atoms with E-state index in [2.05, 4.69) is 4.74 Å². The largest absolute Gasteiger partial charge is 0.469 e. The standard InChI is InChI=1S/C16H24O8/c1-5-8(3)14(19)24-10(6-2)12(17)11-9(15(20)22-4)7-23-16(21)13(11)18/h5,7,10-13,16-18,21H,6H2,1-4H3/b8-5+/t10-,11+,12-,13?,16?/m1/s1. The Bertz CT molecular complexity index is 524. The van der Waals surface area contributed by atoms with Gasteiger partial charge in [0.2, 0.25) is 6.29 Å². The molecule has 1 heterocycles. The minimum absolute atomic E-state index is 0.153. The lowest BCUT2D eigenvalue weighted by molar-refractivity contribution is -0.185. The number of aliphatic hydroxyl groups is 3. The zero-order chi connectivity index (χ0) is 18.4. The predicted octanol–water partition coefficient (Wildman–Crippen LogP) is 0.0179. The Labute approximate surface area is 140 Å². The summed E-state index contributed by atoms with van der Waals surface area (Å²) >= 11 is 0. The van der Waals surface area contributed by atoms with Gasteiger partial charge in [0.1, 0.15) is 18.3 Å². The number of aliphatic hydroxyl groups excluding tert-OH is 3. The first kappa shape index (κ1) is 20.1. The molecular formula is C16H24O8. The summed E-state index contributed by atoms with van der Waals surface area (Å²) in [5.74, 6) is -2.67. The molecule has 0 aromatic carbocycles. The molecule has 0 aliphatic carbocycles. The zero-order valence-corrected chi connectivity index (χ0v) is 14.1. The van der Waals surface area contributed by atoms with Crippen molar-refractivity contribution in [1.29, 1.82) is 0 Å². The average molecular weight is 344 g/mol. The fourth-order valence-corrected chi connectivity index (χ4v) is 2.33. The van der Waals surface area contributed by atoms with E-state index in [4.69, 9.17) is 9.47 Å². The van der Waals surface area contributed by atoms with Gasteiger partial charge in [-0.05, 0) is 20.3 Å². The van der Waals surface area contributed by atoms with Crippen LogP contribution in [0.15, 0.2) is 23.5 Å². The summed E-state index contributed by atoms with van der Waals surface area (Å²) in [4.78, 5) is 23.7. The van der Waals surface area contributed by atoms with Gasteiger partial charge in [-0.15, -0.1) is 0 Å². The molecule has 24 heavy (non-hydrogen) atoms. The summed E-state index contributed by atoms with van der Waals surface area (Å²) in [5, 5.41) is 30.3. The molecule has 0 bridgehead atoms. The molecule has 2 unspecified atom stereocenters. The first-order valence-corrected chi connectivity index (χ1v) is 7.60. The van der Waals surface area contributed by atoms with E-state index in [9.17, 15) is 24.9 Å². The summed E-state index contributed by atoms with van der Waals surface area (Å²) in [7, 11) is 1.14. The molecule has 0 saturated carbocycles. The van der Waals surface area contributed by atoms with Gasteiger partial charge in [0.25, 0.3) is 0 Å². The number of allylic oxidation sites excluding steroid dienone is 1. The van der Waals surface area contributed by atoms with Crippen LogP contribution in [0.1, 0.15) is 27.2 Å². The highest BCUT2D eigenvalue weighted by molar-refractivity contribution is 5.89. The highest BCUT2D eigenvalue weighted by Gasteiger charge is 2.45. The Morgan fingerprint density at radius 1 is 1.42 bits per heavy atom. The van der Waals surface area contributed by atoms with Gasteiger partial charge in [-0.2, -0.15) is 0 Å². The summed E-state index contributed by atoms with van der Waals surface area (Å²) in [6.45, 7) is 4.91. The fraction of sp³-hybridized carbons (Fsp3) is 0.625. The molecule has 3 N–H and O–H groups in total. The Kier molecular flexibility index (Phi) is 7.40. The lowest BCUT2D eigenvalue weighted by Gasteiger charge is -2.36. The van der Waals surface area contributed by atoms with Crippen LogP contribution in [0.2, 0.25) is 0 Å². The van der Waals surface area contributed by atoms with E-state index in [-0.39, 0.29) is 12.0 Å². The maximum atomic E-state index is 11.9. The van der Waals surface area contributed by atoms with Crippen molar-refractivity contribution in [3.63, 3.8) is 0 Å². The van der Waals surface area contributed by atoms with Crippen LogP contribution in [0.4, 0.5) is 0 Å². The number of hydrogen-bond donors (Lipinski definition) is 3. The normalized spacial score (nSPS) is 26.7. The van der Waals surface area contributed by atoms with Gasteiger partial charge in [-0.25, -0.2) is 9.59 Å². The molecule has 1 aliphatic heterocycles. The third-order valence-electron chi connectivity index (χ3n) is 3.94. The molecule has 0 aromatic rings. The van der Waals surface area contributed by atoms with E-state index in [0.29, 0.717) is 5.57 Å². The highest BCUT2D eigenvalue weighted by Crippen LogP contribution is 2.31. The van der Waals surface area contributed by atoms with Crippen molar-refractivity contribution in [1.82, 2.24) is 0 Å². The summed E-state index contributed by atoms with van der Waals surface area (Å²) < 4.78 is 14.6. The number of methoxy groups -OCH3 is 1. The van der Waals surface area contributed by atoms with Gasteiger partial charge in [-0.3, -0.25) is 0 Å². The molecule has 1 rings (SSSR count). The molecule has 0 spiro atoms. The topological polar surface area (TPSA) is 123 Å². The van der Waals surface area contributed by atoms with Crippen LogP contribution in [-0.2, 0) is 23.8 Å². The fourth-order valence-electron chi connectivity index (χ4n) is 2.33. The molecule has 8 heteroatoms. The number of hydrogen-bond acceptors (Lipinski definition) is 8. The molecule has 0 saturated heterocycles. The van der Waals surface area contributed by atoms with Crippen LogP contribution in [0.3, 0.4) is 0 Å². The van der Waals surface area contributed by atoms with Crippen molar-refractivity contribution >= 4 is 11.9 Å². The van der Waals surface area contributed by atoms with E-state index in [1.807, 2.05) is 0 Å². The third kappa shape index (κ3) is 4.34. The summed E-state index contributed by atoms with van der Waals surface area (Å²) in [6, 6.07) is 0. The molecule has 0 radical (unpaired) electrons. The lowest BCUT2D eigenvalue weighted by Crippen LogP contribution is -2.50. The van der Waals surface area contributed by atoms with Crippen LogP contribution in [0.25, 0.3) is 0 Å². The first-order chi connectivity index (χ1) is 11.3. The van der Waals surface area contributed by atoms with Crippen LogP contribution >= 0.6 is 0 Å². The lowest BCUT2D eigenvalue weighted by atomic mass is 9.83. The molecular weight excluding hydrogens is 320 g/mol. The number of esters is 2. The summed E-state index contributed by atoms with van der Waals surface area (Å²) in [6.07, 6.45) is -2.92. The maximum Gasteiger partial charge on any atom is 0.337 e. The van der Waals surface area contributed by atoms with Crippen molar-refractivity contribution < 1.29 is 39.1 Å². The molecule has 1 aliphatic rings. The van der Waals surface area contributed by atoms with Gasteiger partial charge in [-0.1, -0.05) is 13.0 Å². The minimum Gasteiger partial charge on any atom is -0.469 e. The quantitative estimate of drug-likeness (QED) is 0.455. The van der Waals surface area contributed by atoms with Gasteiger partial charge < -0.3 is 29.5 Å². The molecule has 0 amide bonds. The molecule has 0 aromatic heterocycles. The van der Waals surface area contributed by atoms with Gasteiger partial charge in [0.05, 0.1) is 24.9 Å². The smallest absolute Gasteiger partial charge is 0.337 e. The van der Waals surface area contributed by atoms with Crippen LogP contribution < -0.4 is 0 Å². The van der Waals surface area contributed by atoms with Crippen molar-refractivity contribution in [3.8, 4) is 0 Å². The van der Waals surface area contributed by atoms with E-state index in [0.717, 1.165) is 13.4 Å². The second-order valence-electron chi connectivity index (χ2n) is 5.42. The predicted molar refractivity (Wildman–Crippen MR) is 82.3 cm³/mol. The first-order valence-electron chi connectivity index (χ1n) is 7.60. The number of carbonyl (C=O) groups excluding carboxylic acids is 2. The molecule has 136 valence electrons. The number of carbonyl (C=O) groups is 2. The number of rotatable bonds is 6. The summed E-state index contributed by atoms with van der Waals surface area (Å²) in [5.41, 5.74) is 0.206. The van der Waals surface area contributed by atoms with E-state index >= 15 is 0 Å². The van der Waals surface area contributed by atoms with E-state index < -0.39 is 42.5 Å². The number of ether oxygens (including phenoxy) is 3. The van der Waals surface area contributed by atoms with Crippen molar-refractivity contribution in [3.05, 3.63) is 23.5 Å². The van der Waals surface area contributed by atoms with Gasteiger partial charge >= 0.3 is 11.9 Å². The Morgan fingerprint density at radius 2 is 2.04 bits per heavy atom. The zero-order valence-electron chi connectivity index (χ0n) is 14.1. The molecule has 5 atom stereocenters. The highest BCUT2D eigenvalue weighted by atomic mass is 16.6. The SMILES string of the molecule is C/C=C(\C)C(=O)O[C@H](CC)[C@@H](O)[C@@H]1C(C(=O)OC)=COC(O)C1O. The van der Waals surface area contributed by atoms with Gasteiger partial charge in [0, 0.05) is 5.57 Å². The van der Waals surface area contributed by atoms with Gasteiger partial charge in [0.15, 0.2) is 0 Å². The second kappa shape index (κ2) is 8.81. The Hall–Kier alpha value is -1.90. The van der Waals surface area contributed by atoms with Crippen LogP contribution in [0.5, 0.6) is 0 Å². The molecule has 8 nitrogen and oxygen atoms in total. The minimum atomic E-state index is -1.62. The van der Waals surface area contributed by atoms with Crippen molar-refractivity contribution in [2.24, 2.45) is 5.92 Å². The maximum absolute atomic E-state index is 11.9. The Morgan fingerprint density at radius 3 is 2.54 bits per heavy atom. The van der Waals surface area contributed by atoms with E-state index in [1.54, 1.807) is 26.8 Å². The van der Waals surface area contributed by atoms with Crippen molar-refractivity contribution in [2.45, 2.75) is 51.8 Å². The van der Waals surface area contributed by atoms with Crippen LogP contribution in [0, 0.1) is 5.92 Å². The Balaban J connectivity index is 3.07.